The Morgan fingerprint density at radius 2 is 2.00 bits per heavy atom. The summed E-state index contributed by atoms with van der Waals surface area (Å²) in [6, 6.07) is -0.794. The highest BCUT2D eigenvalue weighted by atomic mass is 32.2. The maximum absolute atomic E-state index is 11.7. The normalized spacial score (nSPS) is 26.1. The zero-order chi connectivity index (χ0) is 13.4. The third-order valence-corrected chi connectivity index (χ3v) is 3.52. The lowest BCUT2D eigenvalue weighted by Gasteiger charge is -2.27. The molecule has 0 bridgehead atoms. The minimum absolute atomic E-state index is 0.153. The molecule has 3 N–H and O–H groups in total. The van der Waals surface area contributed by atoms with Gasteiger partial charge in [-0.2, -0.15) is 8.42 Å². The number of amides is 1. The zero-order valence-corrected chi connectivity index (χ0v) is 10.9. The van der Waals surface area contributed by atoms with E-state index in [1.54, 1.807) is 20.8 Å². The van der Waals surface area contributed by atoms with Crippen LogP contribution in [0.15, 0.2) is 0 Å². The summed E-state index contributed by atoms with van der Waals surface area (Å²) in [5, 5.41) is -1.42. The van der Waals surface area contributed by atoms with Crippen LogP contribution in [-0.2, 0) is 14.9 Å². The molecule has 0 aromatic carbocycles. The van der Waals surface area contributed by atoms with E-state index >= 15 is 0 Å². The average molecular weight is 266 g/mol. The highest BCUT2D eigenvalue weighted by molar-refractivity contribution is 7.86. The molecular formula is C9H18N2O5S. The molecule has 1 heterocycles. The summed E-state index contributed by atoms with van der Waals surface area (Å²) < 4.78 is 36.4. The molecule has 0 spiro atoms. The second-order valence-electron chi connectivity index (χ2n) is 5.03. The Morgan fingerprint density at radius 1 is 1.47 bits per heavy atom. The lowest BCUT2D eigenvalue weighted by Crippen LogP contribution is -2.48. The third-order valence-electron chi connectivity index (χ3n) is 2.31. The SMILES string of the molecule is CC(C)(C)OC(=O)N1CCC(N)C1S(=O)(=O)O. The minimum Gasteiger partial charge on any atom is -0.444 e. The molecule has 1 fully saturated rings. The number of hydrogen-bond acceptors (Lipinski definition) is 5. The zero-order valence-electron chi connectivity index (χ0n) is 10.1. The van der Waals surface area contributed by atoms with E-state index in [0.29, 0.717) is 6.42 Å². The van der Waals surface area contributed by atoms with Crippen molar-refractivity contribution in [1.82, 2.24) is 4.90 Å². The van der Waals surface area contributed by atoms with Gasteiger partial charge in [0, 0.05) is 12.6 Å². The number of nitrogens with two attached hydrogens (primary N) is 1. The van der Waals surface area contributed by atoms with Gasteiger partial charge in [0.2, 0.25) is 0 Å². The van der Waals surface area contributed by atoms with E-state index in [4.69, 9.17) is 15.0 Å². The van der Waals surface area contributed by atoms with Crippen molar-refractivity contribution in [2.24, 2.45) is 5.73 Å². The molecule has 1 amide bonds. The number of rotatable bonds is 1. The summed E-state index contributed by atoms with van der Waals surface area (Å²) in [6.07, 6.45) is -0.475. The monoisotopic (exact) mass is 266 g/mol. The topological polar surface area (TPSA) is 110 Å². The van der Waals surface area contributed by atoms with Crippen molar-refractivity contribution in [3.8, 4) is 0 Å². The maximum atomic E-state index is 11.7. The van der Waals surface area contributed by atoms with Crippen LogP contribution in [0.4, 0.5) is 4.79 Å². The van der Waals surface area contributed by atoms with Crippen molar-refractivity contribution in [1.29, 1.82) is 0 Å². The van der Waals surface area contributed by atoms with Crippen LogP contribution >= 0.6 is 0 Å². The van der Waals surface area contributed by atoms with Crippen LogP contribution in [0.2, 0.25) is 0 Å². The van der Waals surface area contributed by atoms with Gasteiger partial charge in [-0.25, -0.2) is 4.79 Å². The Labute approximate surface area is 101 Å². The fourth-order valence-electron chi connectivity index (χ4n) is 1.69. The fraction of sp³-hybridized carbons (Fsp3) is 0.889. The first-order chi connectivity index (χ1) is 7.52. The van der Waals surface area contributed by atoms with Gasteiger partial charge in [0.05, 0.1) is 0 Å². The van der Waals surface area contributed by atoms with Crippen LogP contribution < -0.4 is 5.73 Å². The van der Waals surface area contributed by atoms with Gasteiger partial charge in [0.25, 0.3) is 10.1 Å². The number of carbonyl (C=O) groups is 1. The van der Waals surface area contributed by atoms with Crippen LogP contribution in [0.25, 0.3) is 0 Å². The number of likely N-dealkylation sites (tertiary alicyclic amines) is 1. The smallest absolute Gasteiger partial charge is 0.411 e. The van der Waals surface area contributed by atoms with Gasteiger partial charge in [-0.15, -0.1) is 0 Å². The van der Waals surface area contributed by atoms with E-state index in [1.807, 2.05) is 0 Å². The largest absolute Gasteiger partial charge is 0.444 e. The van der Waals surface area contributed by atoms with Crippen molar-refractivity contribution < 1.29 is 22.5 Å². The molecule has 0 aromatic heterocycles. The van der Waals surface area contributed by atoms with Gasteiger partial charge in [0.15, 0.2) is 5.37 Å². The summed E-state index contributed by atoms with van der Waals surface area (Å²) in [6.45, 7) is 5.16. The molecule has 0 radical (unpaired) electrons. The quantitative estimate of drug-likeness (QED) is 0.654. The van der Waals surface area contributed by atoms with Crippen molar-refractivity contribution >= 4 is 16.2 Å². The van der Waals surface area contributed by atoms with Gasteiger partial charge in [-0.05, 0) is 27.2 Å². The molecule has 1 aliphatic rings. The van der Waals surface area contributed by atoms with E-state index < -0.39 is 33.2 Å². The lowest BCUT2D eigenvalue weighted by molar-refractivity contribution is 0.0263. The maximum Gasteiger partial charge on any atom is 0.411 e. The van der Waals surface area contributed by atoms with Gasteiger partial charge in [0.1, 0.15) is 5.60 Å². The molecule has 0 aliphatic carbocycles. The number of ether oxygens (including phenoxy) is 1. The summed E-state index contributed by atoms with van der Waals surface area (Å²) >= 11 is 0. The van der Waals surface area contributed by atoms with Gasteiger partial charge in [-0.3, -0.25) is 9.45 Å². The van der Waals surface area contributed by atoms with E-state index in [0.717, 1.165) is 4.90 Å². The number of carbonyl (C=O) groups excluding carboxylic acids is 1. The molecule has 1 aliphatic heterocycles. The summed E-state index contributed by atoms with van der Waals surface area (Å²) in [7, 11) is -4.40. The second-order valence-corrected chi connectivity index (χ2v) is 6.54. The predicted octanol–water partition coefficient (Wildman–Crippen LogP) is 0.168. The molecule has 2 unspecified atom stereocenters. The van der Waals surface area contributed by atoms with Crippen LogP contribution in [0, 0.1) is 0 Å². The molecule has 1 rings (SSSR count). The first kappa shape index (κ1) is 14.2. The highest BCUT2D eigenvalue weighted by Crippen LogP contribution is 2.23. The van der Waals surface area contributed by atoms with Crippen LogP contribution in [0.3, 0.4) is 0 Å². The van der Waals surface area contributed by atoms with E-state index in [9.17, 15) is 13.2 Å². The number of hydrogen-bond donors (Lipinski definition) is 2. The van der Waals surface area contributed by atoms with Crippen molar-refractivity contribution in [3.63, 3.8) is 0 Å². The van der Waals surface area contributed by atoms with Crippen LogP contribution in [0.5, 0.6) is 0 Å². The average Bonchev–Trinajstić information content (AvgIpc) is 2.42. The molecule has 2 atom stereocenters. The Bertz CT molecular complexity index is 400. The molecule has 17 heavy (non-hydrogen) atoms. The Balaban J connectivity index is 2.88. The first-order valence-corrected chi connectivity index (χ1v) is 6.74. The number of nitrogens with zero attached hydrogens (tertiary/aromatic N) is 1. The second kappa shape index (κ2) is 4.43. The molecule has 8 heteroatoms. The van der Waals surface area contributed by atoms with Gasteiger partial charge in [-0.1, -0.05) is 0 Å². The van der Waals surface area contributed by atoms with Gasteiger partial charge >= 0.3 is 6.09 Å². The van der Waals surface area contributed by atoms with Crippen molar-refractivity contribution in [2.75, 3.05) is 6.54 Å². The van der Waals surface area contributed by atoms with E-state index in [-0.39, 0.29) is 6.54 Å². The molecule has 100 valence electrons. The molecule has 0 aromatic rings. The van der Waals surface area contributed by atoms with E-state index in [1.165, 1.54) is 0 Å². The fourth-order valence-corrected chi connectivity index (χ4v) is 2.78. The Hall–Kier alpha value is -0.860. The molecule has 7 nitrogen and oxygen atoms in total. The summed E-state index contributed by atoms with van der Waals surface area (Å²) in [5.74, 6) is 0. The standard InChI is InChI=1S/C9H18N2O5S/c1-9(2,3)16-8(12)11-5-4-6(10)7(11)17(13,14)15/h6-7H,4-5,10H2,1-3H3,(H,13,14,15). The van der Waals surface area contributed by atoms with Gasteiger partial charge < -0.3 is 10.5 Å². The first-order valence-electron chi connectivity index (χ1n) is 5.24. The van der Waals surface area contributed by atoms with Crippen LogP contribution in [-0.4, -0.2) is 47.5 Å². The molecular weight excluding hydrogens is 248 g/mol. The van der Waals surface area contributed by atoms with Crippen LogP contribution in [0.1, 0.15) is 27.2 Å². The van der Waals surface area contributed by atoms with E-state index in [2.05, 4.69) is 0 Å². The summed E-state index contributed by atoms with van der Waals surface area (Å²) in [4.78, 5) is 12.7. The lowest BCUT2D eigenvalue weighted by atomic mass is 10.2. The van der Waals surface area contributed by atoms with Crippen molar-refractivity contribution in [2.45, 2.75) is 44.2 Å². The third kappa shape index (κ3) is 3.55. The summed E-state index contributed by atoms with van der Waals surface area (Å²) in [5.41, 5.74) is 4.84. The van der Waals surface area contributed by atoms with Crippen molar-refractivity contribution in [3.05, 3.63) is 0 Å². The highest BCUT2D eigenvalue weighted by Gasteiger charge is 2.44. The predicted molar refractivity (Wildman–Crippen MR) is 60.9 cm³/mol. The Morgan fingerprint density at radius 3 is 2.41 bits per heavy atom. The Kier molecular flexibility index (Phi) is 3.70. The molecule has 1 saturated heterocycles. The molecule has 0 saturated carbocycles. The minimum atomic E-state index is -4.40.